The van der Waals surface area contributed by atoms with E-state index >= 15 is 0 Å². The first-order valence-corrected chi connectivity index (χ1v) is 6.61. The van der Waals surface area contributed by atoms with E-state index in [1.807, 2.05) is 42.5 Å². The average molecular weight is 252 g/mol. The molecule has 3 rings (SSSR count). The van der Waals surface area contributed by atoms with Crippen molar-refractivity contribution in [1.29, 1.82) is 0 Å². The van der Waals surface area contributed by atoms with Gasteiger partial charge in [-0.05, 0) is 30.5 Å². The molecule has 0 aliphatic heterocycles. The second-order valence-electron chi connectivity index (χ2n) is 4.96. The summed E-state index contributed by atoms with van der Waals surface area (Å²) in [5.41, 5.74) is 2.92. The average Bonchev–Trinajstić information content (AvgIpc) is 3.25. The molecule has 3 nitrogen and oxygen atoms in total. The highest BCUT2D eigenvalue weighted by molar-refractivity contribution is 5.92. The quantitative estimate of drug-likeness (QED) is 0.908. The van der Waals surface area contributed by atoms with Crippen LogP contribution in [0.5, 0.6) is 0 Å². The molecule has 19 heavy (non-hydrogen) atoms. The second kappa shape index (κ2) is 5.22. The fourth-order valence-electron chi connectivity index (χ4n) is 2.09. The van der Waals surface area contributed by atoms with Crippen molar-refractivity contribution < 1.29 is 4.79 Å². The highest BCUT2D eigenvalue weighted by atomic mass is 16.1. The number of pyridine rings is 1. The first kappa shape index (κ1) is 11.9. The Morgan fingerprint density at radius 2 is 1.95 bits per heavy atom. The molecule has 1 heterocycles. The summed E-state index contributed by atoms with van der Waals surface area (Å²) < 4.78 is 0. The van der Waals surface area contributed by atoms with E-state index in [4.69, 9.17) is 0 Å². The molecule has 2 aromatic rings. The molecule has 0 atom stereocenters. The van der Waals surface area contributed by atoms with Crippen LogP contribution in [0.15, 0.2) is 48.7 Å². The topological polar surface area (TPSA) is 42.0 Å². The zero-order valence-electron chi connectivity index (χ0n) is 10.7. The Bertz CT molecular complexity index is 559. The lowest BCUT2D eigenvalue weighted by atomic mass is 10.1. The maximum atomic E-state index is 11.9. The maximum Gasteiger partial charge on any atom is 0.228 e. The van der Waals surface area contributed by atoms with Gasteiger partial charge < -0.3 is 5.32 Å². The summed E-state index contributed by atoms with van der Waals surface area (Å²) in [5, 5.41) is 2.88. The largest absolute Gasteiger partial charge is 0.324 e. The van der Waals surface area contributed by atoms with Crippen LogP contribution in [0.3, 0.4) is 0 Å². The van der Waals surface area contributed by atoms with Crippen LogP contribution < -0.4 is 5.32 Å². The molecule has 1 aliphatic carbocycles. The summed E-state index contributed by atoms with van der Waals surface area (Å²) in [6.45, 7) is 0. The molecule has 1 aliphatic rings. The number of carbonyl (C=O) groups excluding carboxylic acids is 1. The van der Waals surface area contributed by atoms with E-state index in [-0.39, 0.29) is 5.91 Å². The van der Waals surface area contributed by atoms with E-state index in [0.717, 1.165) is 16.9 Å². The van der Waals surface area contributed by atoms with Gasteiger partial charge in [0.2, 0.25) is 5.91 Å². The maximum absolute atomic E-state index is 11.9. The summed E-state index contributed by atoms with van der Waals surface area (Å²) >= 11 is 0. The number of nitrogens with zero attached hydrogens (tertiary/aromatic N) is 1. The molecule has 96 valence electrons. The van der Waals surface area contributed by atoms with Crippen LogP contribution in [-0.2, 0) is 11.2 Å². The Hall–Kier alpha value is -2.16. The van der Waals surface area contributed by atoms with Crippen molar-refractivity contribution in [2.45, 2.75) is 25.2 Å². The van der Waals surface area contributed by atoms with Crippen LogP contribution >= 0.6 is 0 Å². The van der Waals surface area contributed by atoms with Crippen molar-refractivity contribution in [1.82, 2.24) is 4.98 Å². The van der Waals surface area contributed by atoms with Gasteiger partial charge in [0.1, 0.15) is 0 Å². The minimum Gasteiger partial charge on any atom is -0.324 e. The molecular formula is C16H16N2O. The number of carbonyl (C=O) groups is 1. The third-order valence-corrected chi connectivity index (χ3v) is 3.27. The Morgan fingerprint density at radius 3 is 2.58 bits per heavy atom. The first-order valence-electron chi connectivity index (χ1n) is 6.61. The lowest BCUT2D eigenvalue weighted by molar-refractivity contribution is -0.115. The van der Waals surface area contributed by atoms with E-state index in [9.17, 15) is 4.79 Å². The molecule has 1 aromatic carbocycles. The van der Waals surface area contributed by atoms with Crippen LogP contribution in [0.4, 0.5) is 5.69 Å². The molecule has 0 unspecified atom stereocenters. The second-order valence-corrected chi connectivity index (χ2v) is 4.96. The summed E-state index contributed by atoms with van der Waals surface area (Å²) in [5.74, 6) is 0.640. The fraction of sp³-hybridized carbons (Fsp3) is 0.250. The molecule has 0 saturated heterocycles. The van der Waals surface area contributed by atoms with E-state index in [1.54, 1.807) is 6.20 Å². The van der Waals surface area contributed by atoms with E-state index in [0.29, 0.717) is 12.3 Å². The zero-order chi connectivity index (χ0) is 13.1. The van der Waals surface area contributed by atoms with Crippen LogP contribution in [0.25, 0.3) is 0 Å². The number of rotatable bonds is 4. The van der Waals surface area contributed by atoms with Crippen LogP contribution in [0.2, 0.25) is 0 Å². The van der Waals surface area contributed by atoms with Crippen molar-refractivity contribution in [3.8, 4) is 0 Å². The van der Waals surface area contributed by atoms with Crippen molar-refractivity contribution >= 4 is 11.6 Å². The first-order chi connectivity index (χ1) is 9.31. The number of nitrogens with one attached hydrogen (secondary N) is 1. The Balaban J connectivity index is 1.59. The summed E-state index contributed by atoms with van der Waals surface area (Å²) in [6, 6.07) is 13.7. The standard InChI is InChI=1S/C16H16N2O/c19-16(10-12-4-2-1-3-5-12)18-14-8-9-15(17-11-14)13-6-7-13/h1-5,8-9,11,13H,6-7,10H2,(H,18,19). The van der Waals surface area contributed by atoms with Gasteiger partial charge in [-0.2, -0.15) is 0 Å². The fourth-order valence-corrected chi connectivity index (χ4v) is 2.09. The monoisotopic (exact) mass is 252 g/mol. The number of aromatic nitrogens is 1. The third-order valence-electron chi connectivity index (χ3n) is 3.27. The van der Waals surface area contributed by atoms with Gasteiger partial charge in [0.05, 0.1) is 18.3 Å². The van der Waals surface area contributed by atoms with Gasteiger partial charge >= 0.3 is 0 Å². The zero-order valence-corrected chi connectivity index (χ0v) is 10.7. The lowest BCUT2D eigenvalue weighted by Crippen LogP contribution is -2.14. The Morgan fingerprint density at radius 1 is 1.16 bits per heavy atom. The van der Waals surface area contributed by atoms with Gasteiger partial charge in [0.15, 0.2) is 0 Å². The molecule has 0 spiro atoms. The van der Waals surface area contributed by atoms with Crippen molar-refractivity contribution in [3.63, 3.8) is 0 Å². The smallest absolute Gasteiger partial charge is 0.228 e. The molecule has 0 bridgehead atoms. The minimum absolute atomic E-state index is 0.00725. The minimum atomic E-state index is -0.00725. The third kappa shape index (κ3) is 3.19. The van der Waals surface area contributed by atoms with Crippen molar-refractivity contribution in [2.75, 3.05) is 5.32 Å². The molecule has 1 saturated carbocycles. The SMILES string of the molecule is O=C(Cc1ccccc1)Nc1ccc(C2CC2)nc1. The molecule has 1 aromatic heterocycles. The number of amides is 1. The summed E-state index contributed by atoms with van der Waals surface area (Å²) in [6.07, 6.45) is 4.63. The Kier molecular flexibility index (Phi) is 3.27. The summed E-state index contributed by atoms with van der Waals surface area (Å²) in [4.78, 5) is 16.3. The van der Waals surface area contributed by atoms with Crippen molar-refractivity contribution in [2.24, 2.45) is 0 Å². The Labute approximate surface area is 112 Å². The predicted molar refractivity (Wildman–Crippen MR) is 75.0 cm³/mol. The van der Waals surface area contributed by atoms with E-state index in [2.05, 4.69) is 10.3 Å². The summed E-state index contributed by atoms with van der Waals surface area (Å²) in [7, 11) is 0. The van der Waals surface area contributed by atoms with Gasteiger partial charge in [0.25, 0.3) is 0 Å². The van der Waals surface area contributed by atoms with Gasteiger partial charge in [-0.25, -0.2) is 0 Å². The van der Waals surface area contributed by atoms with Crippen molar-refractivity contribution in [3.05, 3.63) is 59.9 Å². The van der Waals surface area contributed by atoms with Gasteiger partial charge in [0, 0.05) is 11.6 Å². The number of benzene rings is 1. The van der Waals surface area contributed by atoms with Crippen LogP contribution in [0, 0.1) is 0 Å². The molecule has 0 radical (unpaired) electrons. The molecular weight excluding hydrogens is 236 g/mol. The van der Waals surface area contributed by atoms with Gasteiger partial charge in [-0.15, -0.1) is 0 Å². The molecule has 1 fully saturated rings. The van der Waals surface area contributed by atoms with E-state index in [1.165, 1.54) is 12.8 Å². The van der Waals surface area contributed by atoms with Crippen LogP contribution in [-0.4, -0.2) is 10.9 Å². The molecule has 1 amide bonds. The van der Waals surface area contributed by atoms with Crippen LogP contribution in [0.1, 0.15) is 30.0 Å². The number of anilines is 1. The van der Waals surface area contributed by atoms with E-state index < -0.39 is 0 Å². The number of hydrogen-bond donors (Lipinski definition) is 1. The lowest BCUT2D eigenvalue weighted by Gasteiger charge is -2.05. The van der Waals surface area contributed by atoms with Gasteiger partial charge in [-0.3, -0.25) is 9.78 Å². The molecule has 1 N–H and O–H groups in total. The number of hydrogen-bond acceptors (Lipinski definition) is 2. The van der Waals surface area contributed by atoms with Gasteiger partial charge in [-0.1, -0.05) is 30.3 Å². The highest BCUT2D eigenvalue weighted by Gasteiger charge is 2.24. The molecule has 3 heteroatoms. The predicted octanol–water partition coefficient (Wildman–Crippen LogP) is 3.14. The normalized spacial score (nSPS) is 14.1. The highest BCUT2D eigenvalue weighted by Crippen LogP contribution is 2.38.